The summed E-state index contributed by atoms with van der Waals surface area (Å²) >= 11 is 0. The fourth-order valence-electron chi connectivity index (χ4n) is 5.28. The van der Waals surface area contributed by atoms with E-state index in [1.165, 1.54) is 4.57 Å². The van der Waals surface area contributed by atoms with E-state index in [1.807, 2.05) is 82.3 Å². The fraction of sp³-hybridized carbons (Fsp3) is 0.176. The summed E-state index contributed by atoms with van der Waals surface area (Å²) in [4.78, 5) is 0. The molecule has 0 fully saturated rings. The van der Waals surface area contributed by atoms with Gasteiger partial charge in [-0.05, 0) is 52.4 Å². The summed E-state index contributed by atoms with van der Waals surface area (Å²) in [5.41, 5.74) is 4.62. The van der Waals surface area contributed by atoms with Crippen LogP contribution in [-0.4, -0.2) is 0 Å². The normalized spacial score (nSPS) is 12.7. The molecule has 4 heteroatoms. The molecule has 4 aromatic carbocycles. The number of nitrogens with zero attached hydrogens (tertiary/aromatic N) is 2. The van der Waals surface area contributed by atoms with E-state index in [2.05, 4.69) is 18.2 Å². The van der Waals surface area contributed by atoms with Gasteiger partial charge in [-0.25, -0.2) is 4.39 Å². The minimum absolute atomic E-state index is 0.0343. The molecule has 6 rings (SSSR count). The van der Waals surface area contributed by atoms with Crippen molar-refractivity contribution >= 4 is 32.7 Å². The molecular weight excluding hydrogens is 471 g/mol. The molecule has 0 radical (unpaired) electrons. The molecule has 38 heavy (non-hydrogen) atoms. The maximum Gasteiger partial charge on any atom is 0.216 e. The molecule has 0 atom stereocenters. The number of rotatable bonds is 2. The summed E-state index contributed by atoms with van der Waals surface area (Å²) in [6.07, 6.45) is -0.285. The number of benzene rings is 4. The van der Waals surface area contributed by atoms with Crippen molar-refractivity contribution in [1.82, 2.24) is 0 Å². The van der Waals surface area contributed by atoms with E-state index < -0.39 is 11.2 Å². The Bertz CT molecular complexity index is 2060. The molecule has 2 aromatic heterocycles. The molecule has 186 valence electrons. The Hall–Kier alpha value is -4.49. The van der Waals surface area contributed by atoms with Crippen LogP contribution in [0.15, 0.2) is 83.4 Å². The molecule has 0 bridgehead atoms. The predicted octanol–water partition coefficient (Wildman–Crippen LogP) is 8.51. The minimum Gasteiger partial charge on any atom is -0.454 e. The molecule has 0 aliphatic carbocycles. The largest absolute Gasteiger partial charge is 0.454 e. The lowest BCUT2D eigenvalue weighted by atomic mass is 9.86. The first-order valence-corrected chi connectivity index (χ1v) is 12.6. The van der Waals surface area contributed by atoms with Gasteiger partial charge in [0.1, 0.15) is 19.6 Å². The highest BCUT2D eigenvalue weighted by Crippen LogP contribution is 2.42. The lowest BCUT2D eigenvalue weighted by Gasteiger charge is -2.19. The minimum atomic E-state index is -0.685. The molecule has 0 saturated heterocycles. The van der Waals surface area contributed by atoms with Crippen LogP contribution in [0, 0.1) is 24.1 Å². The second-order valence-corrected chi connectivity index (χ2v) is 10.9. The van der Waals surface area contributed by atoms with Crippen molar-refractivity contribution in [2.45, 2.75) is 33.1 Å². The number of nitriles is 1. The number of fused-ring (bicyclic) bond motifs is 4. The quantitative estimate of drug-likeness (QED) is 0.223. The standard InChI is InChI=1S/C34H28FN2O/c1-20-10-14-25-26-15-13-24(18-36)31(23-12-11-21-8-6-7-9-22(21)16-23)33(26)38-32(25)30(20)29-17-27(34(2,3)4)28(35)19-37(29)5/h6-17,19H,1-5H3/q+1/i17D,19D. The highest BCUT2D eigenvalue weighted by molar-refractivity contribution is 6.14. The molecule has 0 N–H and O–H groups in total. The summed E-state index contributed by atoms with van der Waals surface area (Å²) < 4.78 is 41.1. The predicted molar refractivity (Wildman–Crippen MR) is 151 cm³/mol. The Morgan fingerprint density at radius 2 is 1.61 bits per heavy atom. The van der Waals surface area contributed by atoms with Gasteiger partial charge in [-0.2, -0.15) is 9.83 Å². The van der Waals surface area contributed by atoms with Gasteiger partial charge >= 0.3 is 0 Å². The van der Waals surface area contributed by atoms with Crippen molar-refractivity contribution in [3.63, 3.8) is 0 Å². The van der Waals surface area contributed by atoms with Crippen LogP contribution >= 0.6 is 0 Å². The Morgan fingerprint density at radius 3 is 2.32 bits per heavy atom. The molecule has 6 aromatic rings. The van der Waals surface area contributed by atoms with Crippen molar-refractivity contribution in [2.75, 3.05) is 0 Å². The summed E-state index contributed by atoms with van der Waals surface area (Å²) in [5, 5.41) is 13.9. The van der Waals surface area contributed by atoms with E-state index in [0.717, 1.165) is 32.7 Å². The summed E-state index contributed by atoms with van der Waals surface area (Å²) in [5.74, 6) is -0.685. The van der Waals surface area contributed by atoms with Crippen LogP contribution in [0.5, 0.6) is 0 Å². The van der Waals surface area contributed by atoms with Crippen molar-refractivity contribution in [3.8, 4) is 28.5 Å². The molecule has 3 nitrogen and oxygen atoms in total. The maximum absolute atomic E-state index is 15.3. The highest BCUT2D eigenvalue weighted by Gasteiger charge is 2.28. The van der Waals surface area contributed by atoms with Gasteiger partial charge in [-0.15, -0.1) is 0 Å². The van der Waals surface area contributed by atoms with Crippen molar-refractivity contribution in [3.05, 3.63) is 101 Å². The van der Waals surface area contributed by atoms with Crippen LogP contribution in [0.4, 0.5) is 4.39 Å². The summed E-state index contributed by atoms with van der Waals surface area (Å²) in [7, 11) is 1.61. The van der Waals surface area contributed by atoms with Crippen LogP contribution in [0.3, 0.4) is 0 Å². The van der Waals surface area contributed by atoms with E-state index >= 15 is 4.39 Å². The van der Waals surface area contributed by atoms with Gasteiger partial charge in [0.2, 0.25) is 11.9 Å². The van der Waals surface area contributed by atoms with Gasteiger partial charge in [0, 0.05) is 27.9 Å². The molecular formula is C34H28FN2O+. The lowest BCUT2D eigenvalue weighted by molar-refractivity contribution is -0.662. The third-order valence-electron chi connectivity index (χ3n) is 7.23. The summed E-state index contributed by atoms with van der Waals surface area (Å²) in [6.45, 7) is 7.47. The van der Waals surface area contributed by atoms with Gasteiger partial charge < -0.3 is 4.42 Å². The second-order valence-electron chi connectivity index (χ2n) is 10.9. The number of aryl methyl sites for hydroxylation is 1. The third-order valence-corrected chi connectivity index (χ3v) is 7.23. The van der Waals surface area contributed by atoms with Crippen molar-refractivity contribution in [1.29, 1.82) is 5.26 Å². The smallest absolute Gasteiger partial charge is 0.216 e. The van der Waals surface area contributed by atoms with Crippen LogP contribution in [0.1, 0.15) is 40.2 Å². The Balaban J connectivity index is 1.74. The Labute approximate surface area is 224 Å². The molecule has 0 aliphatic heterocycles. The maximum atomic E-state index is 15.3. The Morgan fingerprint density at radius 1 is 0.921 bits per heavy atom. The zero-order chi connectivity index (χ0) is 28.5. The second kappa shape index (κ2) is 8.53. The number of halogens is 1. The summed E-state index contributed by atoms with van der Waals surface area (Å²) in [6, 6.07) is 24.2. The molecule has 0 saturated carbocycles. The Kier molecular flexibility index (Phi) is 4.85. The van der Waals surface area contributed by atoms with Crippen LogP contribution in [0.25, 0.3) is 55.1 Å². The van der Waals surface area contributed by atoms with E-state index in [4.69, 9.17) is 7.16 Å². The van der Waals surface area contributed by atoms with Gasteiger partial charge in [0.15, 0.2) is 5.82 Å². The SMILES string of the molecule is [2H]c1c(C(C)(C)C)c(F)c([2H])[n+](C)c1-c1c(C)ccc2c1oc1c(-c3ccc4ccccc4c3)c(C#N)ccc12. The van der Waals surface area contributed by atoms with Crippen molar-refractivity contribution < 1.29 is 16.1 Å². The average molecular weight is 502 g/mol. The first-order valence-electron chi connectivity index (χ1n) is 13.6. The van der Waals surface area contributed by atoms with E-state index in [-0.39, 0.29) is 17.8 Å². The van der Waals surface area contributed by atoms with E-state index in [1.54, 1.807) is 7.05 Å². The number of hydrogen-bond donors (Lipinski definition) is 0. The van der Waals surface area contributed by atoms with Gasteiger partial charge in [0.05, 0.1) is 18.6 Å². The van der Waals surface area contributed by atoms with Crippen LogP contribution < -0.4 is 4.57 Å². The molecule has 0 aliphatic rings. The first kappa shape index (κ1) is 21.6. The van der Waals surface area contributed by atoms with Crippen LogP contribution in [-0.2, 0) is 12.5 Å². The third kappa shape index (κ3) is 3.66. The molecule has 0 amide bonds. The average Bonchev–Trinajstić information content (AvgIpc) is 3.30. The fourth-order valence-corrected chi connectivity index (χ4v) is 5.28. The number of hydrogen-bond acceptors (Lipinski definition) is 2. The van der Waals surface area contributed by atoms with Gasteiger partial charge in [0.25, 0.3) is 0 Å². The zero-order valence-electron chi connectivity index (χ0n) is 24.0. The number of aromatic nitrogens is 1. The van der Waals surface area contributed by atoms with Gasteiger partial charge in [-0.3, -0.25) is 0 Å². The molecule has 2 heterocycles. The lowest BCUT2D eigenvalue weighted by Crippen LogP contribution is -2.33. The molecule has 0 unspecified atom stereocenters. The van der Waals surface area contributed by atoms with E-state index in [0.29, 0.717) is 33.6 Å². The number of pyridine rings is 1. The van der Waals surface area contributed by atoms with Crippen molar-refractivity contribution in [2.24, 2.45) is 7.05 Å². The highest BCUT2D eigenvalue weighted by atomic mass is 19.1. The number of furan rings is 1. The monoisotopic (exact) mass is 501 g/mol. The van der Waals surface area contributed by atoms with Gasteiger partial charge in [-0.1, -0.05) is 69.3 Å². The first-order chi connectivity index (χ1) is 19.0. The zero-order valence-corrected chi connectivity index (χ0v) is 22.0. The molecule has 0 spiro atoms. The van der Waals surface area contributed by atoms with E-state index in [9.17, 15) is 5.26 Å². The topological polar surface area (TPSA) is 40.8 Å². The van der Waals surface area contributed by atoms with Crippen LogP contribution in [0.2, 0.25) is 0 Å².